The van der Waals surface area contributed by atoms with E-state index in [-0.39, 0.29) is 37.5 Å². The quantitative estimate of drug-likeness (QED) is 0.0263. The molecule has 0 spiro atoms. The van der Waals surface area contributed by atoms with Crippen molar-refractivity contribution in [3.63, 3.8) is 0 Å². The lowest BCUT2D eigenvalue weighted by molar-refractivity contribution is -0.167. The van der Waals surface area contributed by atoms with Gasteiger partial charge in [0.2, 0.25) is 0 Å². The number of carbonyl (C=O) groups is 3. The molecule has 0 saturated carbocycles. The SMILES string of the molecule is CCCCC/C=C\C/C=C\C/C=C\C/C=C\CCCC(=O)OC[C@@H](COC(=O)CCCCCCC/C=C\CCCCC)OC(=O)CCCCCCC/C=C\CCCCCC. The summed E-state index contributed by atoms with van der Waals surface area (Å²) < 4.78 is 16.7. The Hall–Kier alpha value is -3.15. The Bertz CT molecular complexity index is 1140. The van der Waals surface area contributed by atoms with Crippen molar-refractivity contribution in [3.8, 4) is 0 Å². The summed E-state index contributed by atoms with van der Waals surface area (Å²) >= 11 is 0. The zero-order valence-corrected chi connectivity index (χ0v) is 39.2. The van der Waals surface area contributed by atoms with Gasteiger partial charge in [-0.15, -0.1) is 0 Å². The number of allylic oxidation sites excluding steroid dienone is 12. The van der Waals surface area contributed by atoms with Gasteiger partial charge in [0.25, 0.3) is 0 Å². The summed E-state index contributed by atoms with van der Waals surface area (Å²) in [6.45, 7) is 6.50. The highest BCUT2D eigenvalue weighted by Crippen LogP contribution is 2.13. The largest absolute Gasteiger partial charge is 0.462 e. The molecule has 0 bridgehead atoms. The van der Waals surface area contributed by atoms with Crippen molar-refractivity contribution >= 4 is 17.9 Å². The van der Waals surface area contributed by atoms with E-state index in [0.717, 1.165) is 89.9 Å². The lowest BCUT2D eigenvalue weighted by atomic mass is 10.1. The van der Waals surface area contributed by atoms with Crippen LogP contribution in [0.1, 0.15) is 233 Å². The van der Waals surface area contributed by atoms with Gasteiger partial charge in [-0.3, -0.25) is 14.4 Å². The monoisotopic (exact) mass is 837 g/mol. The summed E-state index contributed by atoms with van der Waals surface area (Å²) in [6, 6.07) is 0. The molecule has 0 aromatic carbocycles. The van der Waals surface area contributed by atoms with Gasteiger partial charge in [0.15, 0.2) is 6.10 Å². The van der Waals surface area contributed by atoms with Crippen LogP contribution >= 0.6 is 0 Å². The van der Waals surface area contributed by atoms with Gasteiger partial charge < -0.3 is 14.2 Å². The second-order valence-electron chi connectivity index (χ2n) is 16.4. The molecule has 0 heterocycles. The predicted molar refractivity (Wildman–Crippen MR) is 256 cm³/mol. The van der Waals surface area contributed by atoms with Gasteiger partial charge in [0.1, 0.15) is 13.2 Å². The molecule has 0 saturated heterocycles. The van der Waals surface area contributed by atoms with E-state index in [4.69, 9.17) is 14.2 Å². The van der Waals surface area contributed by atoms with Gasteiger partial charge in [0, 0.05) is 19.3 Å². The number of unbranched alkanes of at least 4 members (excludes halogenated alkanes) is 21. The lowest BCUT2D eigenvalue weighted by Crippen LogP contribution is -2.30. The van der Waals surface area contributed by atoms with E-state index in [1.165, 1.54) is 96.3 Å². The van der Waals surface area contributed by atoms with Gasteiger partial charge in [-0.1, -0.05) is 177 Å². The first-order chi connectivity index (χ1) is 29.5. The number of rotatable bonds is 44. The molecular weight excluding hydrogens is 745 g/mol. The minimum atomic E-state index is -0.803. The van der Waals surface area contributed by atoms with Gasteiger partial charge in [-0.25, -0.2) is 0 Å². The summed E-state index contributed by atoms with van der Waals surface area (Å²) in [5.74, 6) is -0.978. The highest BCUT2D eigenvalue weighted by molar-refractivity contribution is 5.71. The molecular formula is C54H92O6. The van der Waals surface area contributed by atoms with Crippen LogP contribution in [0.3, 0.4) is 0 Å². The minimum absolute atomic E-state index is 0.100. The fourth-order valence-electron chi connectivity index (χ4n) is 6.60. The normalized spacial score (nSPS) is 12.7. The molecule has 0 aromatic rings. The van der Waals surface area contributed by atoms with Crippen LogP contribution in [0.25, 0.3) is 0 Å². The number of esters is 3. The van der Waals surface area contributed by atoms with E-state index in [2.05, 4.69) is 93.7 Å². The minimum Gasteiger partial charge on any atom is -0.462 e. The molecule has 0 radical (unpaired) electrons. The second-order valence-corrected chi connectivity index (χ2v) is 16.4. The molecule has 1 atom stereocenters. The van der Waals surface area contributed by atoms with Crippen molar-refractivity contribution in [3.05, 3.63) is 72.9 Å². The topological polar surface area (TPSA) is 78.9 Å². The second kappa shape index (κ2) is 48.5. The maximum atomic E-state index is 12.8. The van der Waals surface area contributed by atoms with E-state index in [1.807, 2.05) is 0 Å². The van der Waals surface area contributed by atoms with Crippen LogP contribution in [-0.4, -0.2) is 37.2 Å². The molecule has 0 aliphatic carbocycles. The average molecular weight is 837 g/mol. The number of carbonyl (C=O) groups excluding carboxylic acids is 3. The molecule has 0 amide bonds. The lowest BCUT2D eigenvalue weighted by Gasteiger charge is -2.18. The molecule has 0 unspecified atom stereocenters. The van der Waals surface area contributed by atoms with Gasteiger partial charge in [-0.05, 0) is 109 Å². The van der Waals surface area contributed by atoms with Gasteiger partial charge in [0.05, 0.1) is 0 Å². The maximum Gasteiger partial charge on any atom is 0.306 e. The summed E-state index contributed by atoms with van der Waals surface area (Å²) in [5, 5.41) is 0. The Labute approximate surface area is 370 Å². The van der Waals surface area contributed by atoms with Crippen LogP contribution < -0.4 is 0 Å². The molecule has 0 fully saturated rings. The molecule has 60 heavy (non-hydrogen) atoms. The van der Waals surface area contributed by atoms with Crippen LogP contribution in [0.5, 0.6) is 0 Å². The summed E-state index contributed by atoms with van der Waals surface area (Å²) in [7, 11) is 0. The van der Waals surface area contributed by atoms with E-state index in [0.29, 0.717) is 19.3 Å². The van der Waals surface area contributed by atoms with Crippen LogP contribution in [-0.2, 0) is 28.6 Å². The average Bonchev–Trinajstić information content (AvgIpc) is 3.24. The third-order valence-corrected chi connectivity index (χ3v) is 10.4. The first kappa shape index (κ1) is 56.9. The Kier molecular flexibility index (Phi) is 46.0. The summed E-state index contributed by atoms with van der Waals surface area (Å²) in [5.41, 5.74) is 0. The molecule has 6 nitrogen and oxygen atoms in total. The zero-order chi connectivity index (χ0) is 43.7. The first-order valence-corrected chi connectivity index (χ1v) is 24.9. The van der Waals surface area contributed by atoms with Crippen molar-refractivity contribution in [1.82, 2.24) is 0 Å². The highest BCUT2D eigenvalue weighted by atomic mass is 16.6. The molecule has 0 aliphatic heterocycles. The maximum absolute atomic E-state index is 12.8. The van der Waals surface area contributed by atoms with Crippen LogP contribution in [0.4, 0.5) is 0 Å². The van der Waals surface area contributed by atoms with Crippen LogP contribution in [0, 0.1) is 0 Å². The number of ether oxygens (including phenoxy) is 3. The Balaban J connectivity index is 4.49. The van der Waals surface area contributed by atoms with Crippen LogP contribution in [0.15, 0.2) is 72.9 Å². The Morgan fingerprint density at radius 3 is 1.05 bits per heavy atom. The highest BCUT2D eigenvalue weighted by Gasteiger charge is 2.19. The van der Waals surface area contributed by atoms with Crippen molar-refractivity contribution < 1.29 is 28.6 Å². The van der Waals surface area contributed by atoms with E-state index in [9.17, 15) is 14.4 Å². The predicted octanol–water partition coefficient (Wildman–Crippen LogP) is 16.3. The summed E-state index contributed by atoms with van der Waals surface area (Å²) in [4.78, 5) is 37.9. The van der Waals surface area contributed by atoms with E-state index >= 15 is 0 Å². The number of hydrogen-bond acceptors (Lipinski definition) is 6. The smallest absolute Gasteiger partial charge is 0.306 e. The zero-order valence-electron chi connectivity index (χ0n) is 39.2. The van der Waals surface area contributed by atoms with Crippen molar-refractivity contribution in [2.24, 2.45) is 0 Å². The fraction of sp³-hybridized carbons (Fsp3) is 0.722. The Morgan fingerprint density at radius 2 is 0.617 bits per heavy atom. The van der Waals surface area contributed by atoms with Crippen molar-refractivity contribution in [1.29, 1.82) is 0 Å². The van der Waals surface area contributed by atoms with E-state index < -0.39 is 6.10 Å². The molecule has 0 rings (SSSR count). The van der Waals surface area contributed by atoms with Gasteiger partial charge >= 0.3 is 17.9 Å². The van der Waals surface area contributed by atoms with Crippen molar-refractivity contribution in [2.45, 2.75) is 239 Å². The van der Waals surface area contributed by atoms with E-state index in [1.54, 1.807) is 0 Å². The molecule has 0 aliphatic rings. The Morgan fingerprint density at radius 1 is 0.333 bits per heavy atom. The third-order valence-electron chi connectivity index (χ3n) is 10.4. The summed E-state index contributed by atoms with van der Waals surface area (Å²) in [6.07, 6.45) is 60.3. The number of hydrogen-bond donors (Lipinski definition) is 0. The molecule has 0 aromatic heterocycles. The van der Waals surface area contributed by atoms with Crippen molar-refractivity contribution in [2.75, 3.05) is 13.2 Å². The molecule has 0 N–H and O–H groups in total. The third kappa shape index (κ3) is 45.9. The molecule has 344 valence electrons. The van der Waals surface area contributed by atoms with Gasteiger partial charge in [-0.2, -0.15) is 0 Å². The van der Waals surface area contributed by atoms with Crippen LogP contribution in [0.2, 0.25) is 0 Å². The fourth-order valence-corrected chi connectivity index (χ4v) is 6.60. The molecule has 6 heteroatoms. The first-order valence-electron chi connectivity index (χ1n) is 24.9. The standard InChI is InChI=1S/C54H92O6/c1-4-7-10-13-16-19-22-25-26-27-28-30-32-35-38-41-44-47-53(56)59-50-51(49-58-52(55)46-43-40-37-34-31-24-21-18-15-12-9-6-3)60-54(57)48-45-42-39-36-33-29-23-20-17-14-11-8-5-2/h16,18-21,23,25-26,28,30,35,38,51H,4-15,17,22,24,27,29,31-34,36-37,39-50H2,1-3H3/b19-16-,21-18-,23-20-,26-25-,30-28-,38-35-/t51-/m1/s1.